The van der Waals surface area contributed by atoms with Crippen molar-refractivity contribution < 1.29 is 22.7 Å². The summed E-state index contributed by atoms with van der Waals surface area (Å²) in [6, 6.07) is 22.1. The van der Waals surface area contributed by atoms with Gasteiger partial charge in [0.2, 0.25) is 0 Å². The minimum atomic E-state index is -4.79. The van der Waals surface area contributed by atoms with Gasteiger partial charge < -0.3 is 4.74 Å². The van der Waals surface area contributed by atoms with Gasteiger partial charge in [-0.2, -0.15) is 23.3 Å². The molecule has 0 unspecified atom stereocenters. The maximum atomic E-state index is 13.7. The molecule has 4 nitrogen and oxygen atoms in total. The normalized spacial score (nSPS) is 15.2. The van der Waals surface area contributed by atoms with E-state index in [0.29, 0.717) is 11.3 Å². The molecule has 1 heterocycles. The number of amides is 1. The lowest BCUT2D eigenvalue weighted by atomic mass is 10.1. The molecule has 0 fully saturated rings. The van der Waals surface area contributed by atoms with E-state index in [-0.39, 0.29) is 12.3 Å². The molecule has 32 heavy (non-hydrogen) atoms. The summed E-state index contributed by atoms with van der Waals surface area (Å²) in [5.74, 6) is -0.498. The summed E-state index contributed by atoms with van der Waals surface area (Å²) in [5, 5.41) is 4.35. The van der Waals surface area contributed by atoms with Gasteiger partial charge in [-0.15, -0.1) is 0 Å². The summed E-state index contributed by atoms with van der Waals surface area (Å²) in [7, 11) is 0. The van der Waals surface area contributed by atoms with Crippen LogP contribution in [0.5, 0.6) is 5.75 Å². The number of para-hydroxylation sites is 2. The Kier molecular flexibility index (Phi) is 6.14. The molecule has 8 heteroatoms. The van der Waals surface area contributed by atoms with Gasteiger partial charge in [-0.1, -0.05) is 64.5 Å². The zero-order valence-electron chi connectivity index (χ0n) is 16.5. The van der Waals surface area contributed by atoms with E-state index in [1.54, 1.807) is 42.5 Å². The first-order valence-electron chi connectivity index (χ1n) is 9.56. The molecule has 0 bridgehead atoms. The number of hydrazone groups is 1. The second-order valence-corrected chi connectivity index (χ2v) is 7.83. The van der Waals surface area contributed by atoms with Gasteiger partial charge >= 0.3 is 6.18 Å². The highest BCUT2D eigenvalue weighted by Gasteiger charge is 2.46. The van der Waals surface area contributed by atoms with Crippen LogP contribution in [0, 0.1) is 0 Å². The number of carbonyl (C=O) groups is 1. The van der Waals surface area contributed by atoms with Gasteiger partial charge in [-0.3, -0.25) is 4.79 Å². The molecule has 3 aromatic rings. The predicted molar refractivity (Wildman–Crippen MR) is 120 cm³/mol. The van der Waals surface area contributed by atoms with E-state index in [4.69, 9.17) is 4.74 Å². The molecule has 162 valence electrons. The molecule has 0 aromatic heterocycles. The molecule has 1 aliphatic heterocycles. The third-order valence-corrected chi connectivity index (χ3v) is 5.20. The van der Waals surface area contributed by atoms with E-state index in [1.807, 2.05) is 24.3 Å². The second kappa shape index (κ2) is 9.00. The average Bonchev–Trinajstić information content (AvgIpc) is 3.11. The highest BCUT2D eigenvalue weighted by atomic mass is 79.9. The molecule has 3 aromatic carbocycles. The molecule has 0 spiro atoms. The van der Waals surface area contributed by atoms with Crippen molar-refractivity contribution in [3.63, 3.8) is 0 Å². The van der Waals surface area contributed by atoms with Crippen LogP contribution in [0.15, 0.2) is 94.0 Å². The number of carbonyl (C=O) groups excluding carboxylic acids is 1. The highest BCUT2D eigenvalue weighted by Crippen LogP contribution is 2.34. The first-order valence-corrected chi connectivity index (χ1v) is 10.4. The quantitative estimate of drug-likeness (QED) is 0.381. The fraction of sp³-hybridized carbons (Fsp3) is 0.0833. The van der Waals surface area contributed by atoms with Crippen molar-refractivity contribution in [1.82, 2.24) is 0 Å². The van der Waals surface area contributed by atoms with Crippen LogP contribution < -0.4 is 9.75 Å². The van der Waals surface area contributed by atoms with Gasteiger partial charge in [-0.05, 0) is 42.0 Å². The summed E-state index contributed by atoms with van der Waals surface area (Å²) in [4.78, 5) is 12.9. The molecule has 1 amide bonds. The average molecular weight is 501 g/mol. The third-order valence-electron chi connectivity index (χ3n) is 4.67. The number of benzene rings is 3. The monoisotopic (exact) mass is 500 g/mol. The second-order valence-electron chi connectivity index (χ2n) is 6.91. The van der Waals surface area contributed by atoms with Crippen LogP contribution in [0.4, 0.5) is 18.9 Å². The lowest BCUT2D eigenvalue weighted by Crippen LogP contribution is -2.25. The maximum absolute atomic E-state index is 13.7. The fourth-order valence-electron chi connectivity index (χ4n) is 3.13. The molecular weight excluding hydrogens is 485 g/mol. The maximum Gasteiger partial charge on any atom is 0.435 e. The van der Waals surface area contributed by atoms with Crippen LogP contribution >= 0.6 is 15.9 Å². The largest absolute Gasteiger partial charge is 0.488 e. The van der Waals surface area contributed by atoms with Gasteiger partial charge in [-0.25, -0.2) is 0 Å². The van der Waals surface area contributed by atoms with Crippen molar-refractivity contribution in [1.29, 1.82) is 0 Å². The SMILES string of the molecule is O=C1/C(=C\c2ccccc2OCc2ccc(Br)cc2)C(C(F)(F)F)=NN1c1ccccc1. The fourth-order valence-corrected chi connectivity index (χ4v) is 3.39. The van der Waals surface area contributed by atoms with Gasteiger partial charge in [0, 0.05) is 10.0 Å². The van der Waals surface area contributed by atoms with Crippen LogP contribution in [-0.4, -0.2) is 17.8 Å². The standard InChI is InChI=1S/C24H16BrF3N2O2/c25-18-12-10-16(11-13-18)15-32-21-9-5-4-6-17(21)14-20-22(24(26,27)28)29-30(23(20)31)19-7-2-1-3-8-19/h1-14H,15H2/b20-14-. The zero-order valence-corrected chi connectivity index (χ0v) is 18.1. The van der Waals surface area contributed by atoms with Crippen molar-refractivity contribution in [2.45, 2.75) is 12.8 Å². The molecule has 4 rings (SSSR count). The van der Waals surface area contributed by atoms with E-state index in [1.165, 1.54) is 18.2 Å². The van der Waals surface area contributed by atoms with E-state index in [2.05, 4.69) is 21.0 Å². The minimum Gasteiger partial charge on any atom is -0.488 e. The lowest BCUT2D eigenvalue weighted by molar-refractivity contribution is -0.114. The number of ether oxygens (including phenoxy) is 1. The third kappa shape index (κ3) is 4.75. The topological polar surface area (TPSA) is 41.9 Å². The number of hydrogen-bond donors (Lipinski definition) is 0. The van der Waals surface area contributed by atoms with E-state index in [0.717, 1.165) is 15.0 Å². The summed E-state index contributed by atoms with van der Waals surface area (Å²) in [6.45, 7) is 0.220. The number of nitrogens with zero attached hydrogens (tertiary/aromatic N) is 2. The Bertz CT molecular complexity index is 1190. The van der Waals surface area contributed by atoms with E-state index in [9.17, 15) is 18.0 Å². The summed E-state index contributed by atoms with van der Waals surface area (Å²) < 4.78 is 47.8. The molecular formula is C24H16BrF3N2O2. The van der Waals surface area contributed by atoms with Gasteiger partial charge in [0.15, 0.2) is 5.71 Å². The minimum absolute atomic E-state index is 0.220. The number of anilines is 1. The molecule has 1 aliphatic rings. The Hall–Kier alpha value is -3.39. The summed E-state index contributed by atoms with van der Waals surface area (Å²) in [6.07, 6.45) is -3.62. The van der Waals surface area contributed by atoms with Crippen molar-refractivity contribution in [3.05, 3.63) is 100 Å². The number of halogens is 4. The highest BCUT2D eigenvalue weighted by molar-refractivity contribution is 9.10. The smallest absolute Gasteiger partial charge is 0.435 e. The first kappa shape index (κ1) is 21.8. The van der Waals surface area contributed by atoms with Gasteiger partial charge in [0.05, 0.1) is 11.3 Å². The predicted octanol–water partition coefficient (Wildman–Crippen LogP) is 6.38. The molecule has 0 aliphatic carbocycles. The first-order chi connectivity index (χ1) is 15.3. The zero-order chi connectivity index (χ0) is 22.7. The van der Waals surface area contributed by atoms with Crippen LogP contribution in [0.1, 0.15) is 11.1 Å². The Balaban J connectivity index is 1.67. The Morgan fingerprint density at radius 1 is 0.938 bits per heavy atom. The van der Waals surface area contributed by atoms with Gasteiger partial charge in [0.25, 0.3) is 5.91 Å². The van der Waals surface area contributed by atoms with Crippen molar-refractivity contribution in [3.8, 4) is 5.75 Å². The number of alkyl halides is 3. The van der Waals surface area contributed by atoms with Crippen LogP contribution in [0.3, 0.4) is 0 Å². The molecule has 0 saturated heterocycles. The Labute approximate surface area is 190 Å². The molecule has 0 N–H and O–H groups in total. The van der Waals surface area contributed by atoms with E-state index < -0.39 is 23.4 Å². The molecule has 0 radical (unpaired) electrons. The van der Waals surface area contributed by atoms with Crippen molar-refractivity contribution >= 4 is 39.3 Å². The van der Waals surface area contributed by atoms with Crippen LogP contribution in [-0.2, 0) is 11.4 Å². The number of rotatable bonds is 5. The van der Waals surface area contributed by atoms with Crippen molar-refractivity contribution in [2.75, 3.05) is 5.01 Å². The Morgan fingerprint density at radius 3 is 2.28 bits per heavy atom. The summed E-state index contributed by atoms with van der Waals surface area (Å²) in [5.41, 5.74) is -0.294. The van der Waals surface area contributed by atoms with Crippen molar-refractivity contribution in [2.24, 2.45) is 5.10 Å². The van der Waals surface area contributed by atoms with Crippen LogP contribution in [0.2, 0.25) is 0 Å². The lowest BCUT2D eigenvalue weighted by Gasteiger charge is -2.12. The Morgan fingerprint density at radius 2 is 1.59 bits per heavy atom. The van der Waals surface area contributed by atoms with Crippen LogP contribution in [0.25, 0.3) is 6.08 Å². The summed E-state index contributed by atoms with van der Waals surface area (Å²) >= 11 is 3.36. The number of hydrogen-bond acceptors (Lipinski definition) is 3. The molecule has 0 atom stereocenters. The van der Waals surface area contributed by atoms with Gasteiger partial charge in [0.1, 0.15) is 12.4 Å². The molecule has 0 saturated carbocycles. The van der Waals surface area contributed by atoms with E-state index >= 15 is 0 Å².